The van der Waals surface area contributed by atoms with Gasteiger partial charge < -0.3 is 9.80 Å². The van der Waals surface area contributed by atoms with Crippen LogP contribution in [0.4, 0.5) is 0 Å². The fraction of sp³-hybridized carbons (Fsp3) is 0.700. The fourth-order valence-corrected chi connectivity index (χ4v) is 4.88. The molecule has 6 nitrogen and oxygen atoms in total. The van der Waals surface area contributed by atoms with Gasteiger partial charge in [0.15, 0.2) is 0 Å². The second-order valence-electron chi connectivity index (χ2n) is 7.87. The summed E-state index contributed by atoms with van der Waals surface area (Å²) in [5.74, 6) is 2.04. The van der Waals surface area contributed by atoms with E-state index in [1.54, 1.807) is 24.2 Å². The van der Waals surface area contributed by atoms with E-state index in [0.29, 0.717) is 25.3 Å². The molecular formula is C20H30N4O2S. The molecule has 0 N–H and O–H groups in total. The van der Waals surface area contributed by atoms with Crippen LogP contribution >= 0.6 is 11.8 Å². The van der Waals surface area contributed by atoms with Gasteiger partial charge in [-0.1, -0.05) is 6.92 Å². The van der Waals surface area contributed by atoms with E-state index in [9.17, 15) is 9.59 Å². The standard InChI is InChI=1S/C20H30N4O2S/c1-3-9-27-13-19(26)23-8-4-6-20(14-23)7-5-18(25)24(15-20)12-17-11-21-16(2)10-22-17/h10-11H,3-9,12-15H2,1-2H3. The normalized spacial score (nSPS) is 23.1. The Morgan fingerprint density at radius 2 is 2.11 bits per heavy atom. The number of carbonyl (C=O) groups excluding carboxylic acids is 2. The molecule has 2 aliphatic heterocycles. The van der Waals surface area contributed by atoms with Gasteiger partial charge in [-0.3, -0.25) is 19.6 Å². The molecule has 0 aromatic carbocycles. The molecule has 2 saturated heterocycles. The minimum Gasteiger partial charge on any atom is -0.341 e. The summed E-state index contributed by atoms with van der Waals surface area (Å²) in [6.07, 6.45) is 8.15. The molecule has 3 rings (SSSR count). The van der Waals surface area contributed by atoms with Crippen LogP contribution in [0.3, 0.4) is 0 Å². The van der Waals surface area contributed by atoms with Gasteiger partial charge in [0.1, 0.15) is 0 Å². The van der Waals surface area contributed by atoms with Gasteiger partial charge >= 0.3 is 0 Å². The monoisotopic (exact) mass is 390 g/mol. The maximum Gasteiger partial charge on any atom is 0.232 e. The highest BCUT2D eigenvalue weighted by Gasteiger charge is 2.42. The zero-order valence-corrected chi connectivity index (χ0v) is 17.3. The summed E-state index contributed by atoms with van der Waals surface area (Å²) >= 11 is 1.72. The molecule has 27 heavy (non-hydrogen) atoms. The number of thioether (sulfide) groups is 1. The Balaban J connectivity index is 1.63. The van der Waals surface area contributed by atoms with E-state index in [2.05, 4.69) is 16.9 Å². The van der Waals surface area contributed by atoms with Crippen molar-refractivity contribution in [1.29, 1.82) is 0 Å². The second-order valence-corrected chi connectivity index (χ2v) is 8.98. The molecule has 3 heterocycles. The minimum absolute atomic E-state index is 0.0371. The van der Waals surface area contributed by atoms with Crippen molar-refractivity contribution in [2.75, 3.05) is 31.1 Å². The molecule has 1 aromatic rings. The van der Waals surface area contributed by atoms with Crippen LogP contribution in [-0.2, 0) is 16.1 Å². The van der Waals surface area contributed by atoms with Crippen LogP contribution in [0.25, 0.3) is 0 Å². The van der Waals surface area contributed by atoms with Crippen molar-refractivity contribution in [3.05, 3.63) is 23.8 Å². The molecule has 2 amide bonds. The lowest BCUT2D eigenvalue weighted by molar-refractivity contribution is -0.142. The Morgan fingerprint density at radius 1 is 1.26 bits per heavy atom. The average molecular weight is 391 g/mol. The molecule has 7 heteroatoms. The summed E-state index contributed by atoms with van der Waals surface area (Å²) in [4.78, 5) is 37.7. The van der Waals surface area contributed by atoms with Gasteiger partial charge in [-0.15, -0.1) is 0 Å². The first-order chi connectivity index (χ1) is 13.0. The van der Waals surface area contributed by atoms with Gasteiger partial charge in [0, 0.05) is 37.7 Å². The molecule has 2 fully saturated rings. The summed E-state index contributed by atoms with van der Waals surface area (Å²) in [6, 6.07) is 0. The predicted octanol–water partition coefficient (Wildman–Crippen LogP) is 2.66. The Labute approximate surface area is 166 Å². The molecule has 1 atom stereocenters. The van der Waals surface area contributed by atoms with E-state index in [1.807, 2.05) is 16.7 Å². The molecule has 1 spiro atoms. The minimum atomic E-state index is 0.0371. The van der Waals surface area contributed by atoms with E-state index in [0.717, 1.165) is 55.9 Å². The van der Waals surface area contributed by atoms with E-state index in [1.165, 1.54) is 0 Å². The number of hydrogen-bond donors (Lipinski definition) is 0. The fourth-order valence-electron chi connectivity index (χ4n) is 4.09. The van der Waals surface area contributed by atoms with E-state index in [4.69, 9.17) is 0 Å². The Morgan fingerprint density at radius 3 is 2.85 bits per heavy atom. The maximum atomic E-state index is 12.6. The zero-order chi connectivity index (χ0) is 19.3. The van der Waals surface area contributed by atoms with Gasteiger partial charge in [-0.2, -0.15) is 11.8 Å². The highest BCUT2D eigenvalue weighted by atomic mass is 32.2. The SMILES string of the molecule is CCCSCC(=O)N1CCCC2(CCC(=O)N(Cc3cnc(C)cn3)C2)C1. The largest absolute Gasteiger partial charge is 0.341 e. The van der Waals surface area contributed by atoms with Crippen molar-refractivity contribution in [2.24, 2.45) is 5.41 Å². The second kappa shape index (κ2) is 9.04. The summed E-state index contributed by atoms with van der Waals surface area (Å²) in [5.41, 5.74) is 1.74. The highest BCUT2D eigenvalue weighted by molar-refractivity contribution is 7.99. The number of aromatic nitrogens is 2. The Kier molecular flexibility index (Phi) is 6.73. The molecule has 0 saturated carbocycles. The van der Waals surface area contributed by atoms with Crippen LogP contribution < -0.4 is 0 Å². The van der Waals surface area contributed by atoms with Gasteiger partial charge in [0.25, 0.3) is 0 Å². The molecule has 1 unspecified atom stereocenters. The lowest BCUT2D eigenvalue weighted by Crippen LogP contribution is -2.55. The lowest BCUT2D eigenvalue weighted by Gasteiger charge is -2.48. The van der Waals surface area contributed by atoms with Crippen LogP contribution in [0.15, 0.2) is 12.4 Å². The first-order valence-corrected chi connectivity index (χ1v) is 11.1. The summed E-state index contributed by atoms with van der Waals surface area (Å²) < 4.78 is 0. The third kappa shape index (κ3) is 5.21. The maximum absolute atomic E-state index is 12.6. The summed E-state index contributed by atoms with van der Waals surface area (Å²) in [5, 5.41) is 0. The predicted molar refractivity (Wildman–Crippen MR) is 107 cm³/mol. The molecule has 0 radical (unpaired) electrons. The molecule has 2 aliphatic rings. The van der Waals surface area contributed by atoms with Gasteiger partial charge in [0.2, 0.25) is 11.8 Å². The molecular weight excluding hydrogens is 360 g/mol. The van der Waals surface area contributed by atoms with Crippen molar-refractivity contribution in [1.82, 2.24) is 19.8 Å². The Bertz CT molecular complexity index is 666. The van der Waals surface area contributed by atoms with Crippen molar-refractivity contribution < 1.29 is 9.59 Å². The third-order valence-electron chi connectivity index (χ3n) is 5.52. The number of carbonyl (C=O) groups is 2. The number of nitrogens with zero attached hydrogens (tertiary/aromatic N) is 4. The molecule has 0 bridgehead atoms. The number of hydrogen-bond acceptors (Lipinski definition) is 5. The van der Waals surface area contributed by atoms with Crippen molar-refractivity contribution >= 4 is 23.6 Å². The molecule has 148 valence electrons. The van der Waals surface area contributed by atoms with Crippen molar-refractivity contribution in [3.63, 3.8) is 0 Å². The molecule has 0 aliphatic carbocycles. The third-order valence-corrected chi connectivity index (χ3v) is 6.67. The number of likely N-dealkylation sites (tertiary alicyclic amines) is 2. The average Bonchev–Trinajstić information content (AvgIpc) is 2.67. The molecule has 1 aromatic heterocycles. The number of rotatable bonds is 6. The number of amides is 2. The van der Waals surface area contributed by atoms with Gasteiger partial charge in [-0.25, -0.2) is 0 Å². The van der Waals surface area contributed by atoms with Crippen molar-refractivity contribution in [2.45, 2.75) is 52.5 Å². The first kappa shape index (κ1) is 20.1. The van der Waals surface area contributed by atoms with Crippen LogP contribution in [0.2, 0.25) is 0 Å². The van der Waals surface area contributed by atoms with Crippen LogP contribution in [0, 0.1) is 12.3 Å². The lowest BCUT2D eigenvalue weighted by atomic mass is 9.73. The summed E-state index contributed by atoms with van der Waals surface area (Å²) in [7, 11) is 0. The van der Waals surface area contributed by atoms with Crippen LogP contribution in [-0.4, -0.2) is 62.7 Å². The van der Waals surface area contributed by atoms with E-state index in [-0.39, 0.29) is 17.2 Å². The van der Waals surface area contributed by atoms with Gasteiger partial charge in [0.05, 0.1) is 29.9 Å². The van der Waals surface area contributed by atoms with E-state index >= 15 is 0 Å². The van der Waals surface area contributed by atoms with Gasteiger partial charge in [-0.05, 0) is 38.4 Å². The summed E-state index contributed by atoms with van der Waals surface area (Å²) in [6.45, 7) is 6.90. The number of aryl methyl sites for hydroxylation is 1. The van der Waals surface area contributed by atoms with E-state index < -0.39 is 0 Å². The van der Waals surface area contributed by atoms with Crippen LogP contribution in [0.1, 0.15) is 50.4 Å². The van der Waals surface area contributed by atoms with Crippen molar-refractivity contribution in [3.8, 4) is 0 Å². The smallest absolute Gasteiger partial charge is 0.232 e. The number of piperidine rings is 2. The van der Waals surface area contributed by atoms with Crippen LogP contribution in [0.5, 0.6) is 0 Å². The quantitative estimate of drug-likeness (QED) is 0.699. The zero-order valence-electron chi connectivity index (χ0n) is 16.4. The topological polar surface area (TPSA) is 66.4 Å². The highest BCUT2D eigenvalue weighted by Crippen LogP contribution is 2.39. The first-order valence-electron chi connectivity index (χ1n) is 9.92. The Hall–Kier alpha value is -1.63.